The molecule has 0 bridgehead atoms. The van der Waals surface area contributed by atoms with Crippen molar-refractivity contribution in [2.24, 2.45) is 0 Å². The van der Waals surface area contributed by atoms with E-state index in [2.05, 4.69) is 5.32 Å². The van der Waals surface area contributed by atoms with E-state index in [1.807, 2.05) is 6.92 Å². The van der Waals surface area contributed by atoms with E-state index in [9.17, 15) is 9.59 Å². The molecule has 5 nitrogen and oxygen atoms in total. The summed E-state index contributed by atoms with van der Waals surface area (Å²) < 4.78 is 4.96. The topological polar surface area (TPSA) is 58.6 Å². The van der Waals surface area contributed by atoms with Gasteiger partial charge in [-0.2, -0.15) is 0 Å². The monoisotopic (exact) mass is 242 g/mol. The molecule has 0 aromatic heterocycles. The molecule has 1 unspecified atom stereocenters. The number of nitrogens with zero attached hydrogens (tertiary/aromatic N) is 1. The number of unbranched alkanes of at least 4 members (excludes halogenated alkanes) is 1. The van der Waals surface area contributed by atoms with E-state index in [1.54, 1.807) is 18.9 Å². The van der Waals surface area contributed by atoms with Gasteiger partial charge < -0.3 is 15.0 Å². The van der Waals surface area contributed by atoms with Gasteiger partial charge in [0.1, 0.15) is 5.54 Å². The fraction of sp³-hybridized carbons (Fsp3) is 0.833. The normalized spacial score (nSPS) is 25.0. The number of carbonyl (C=O) groups is 2. The quantitative estimate of drug-likeness (QED) is 0.692. The van der Waals surface area contributed by atoms with Crippen LogP contribution in [0.4, 0.5) is 0 Å². The molecule has 1 aliphatic rings. The summed E-state index contributed by atoms with van der Waals surface area (Å²) in [6.45, 7) is 5.20. The third-order valence-electron chi connectivity index (χ3n) is 3.24. The molecule has 1 aliphatic heterocycles. The molecule has 1 N–H and O–H groups in total. The number of hydrogen-bond donors (Lipinski definition) is 1. The molecule has 98 valence electrons. The van der Waals surface area contributed by atoms with Crippen LogP contribution in [0.3, 0.4) is 0 Å². The fourth-order valence-corrected chi connectivity index (χ4v) is 1.96. The summed E-state index contributed by atoms with van der Waals surface area (Å²) in [5.74, 6) is -0.0438. The summed E-state index contributed by atoms with van der Waals surface area (Å²) >= 11 is 0. The highest BCUT2D eigenvalue weighted by Crippen LogP contribution is 2.18. The van der Waals surface area contributed by atoms with Crippen molar-refractivity contribution in [2.75, 3.05) is 26.8 Å². The molecule has 5 heteroatoms. The standard InChI is InChI=1S/C12H22N2O3/c1-4-12(2)11(16)14(9-10(15)13-12)7-5-6-8-17-3/h4-9H2,1-3H3,(H,13,15). The summed E-state index contributed by atoms with van der Waals surface area (Å²) in [5, 5.41) is 2.77. The molecular weight excluding hydrogens is 220 g/mol. The van der Waals surface area contributed by atoms with Crippen LogP contribution in [0.2, 0.25) is 0 Å². The number of ether oxygens (including phenoxy) is 1. The van der Waals surface area contributed by atoms with E-state index in [-0.39, 0.29) is 18.4 Å². The first-order valence-corrected chi connectivity index (χ1v) is 6.13. The number of carbonyl (C=O) groups excluding carboxylic acids is 2. The Kier molecular flexibility index (Phi) is 4.93. The Morgan fingerprint density at radius 2 is 2.12 bits per heavy atom. The molecule has 1 fully saturated rings. The van der Waals surface area contributed by atoms with Crippen molar-refractivity contribution in [3.05, 3.63) is 0 Å². The molecule has 0 aromatic rings. The Balaban J connectivity index is 2.53. The maximum atomic E-state index is 12.2. The van der Waals surface area contributed by atoms with E-state index >= 15 is 0 Å². The minimum atomic E-state index is -0.726. The van der Waals surface area contributed by atoms with Crippen molar-refractivity contribution in [3.8, 4) is 0 Å². The maximum absolute atomic E-state index is 12.2. The Bertz CT molecular complexity index is 293. The predicted molar refractivity (Wildman–Crippen MR) is 64.5 cm³/mol. The second-order valence-corrected chi connectivity index (χ2v) is 4.66. The van der Waals surface area contributed by atoms with Gasteiger partial charge in [0.2, 0.25) is 11.8 Å². The second-order valence-electron chi connectivity index (χ2n) is 4.66. The number of piperazine rings is 1. The van der Waals surface area contributed by atoms with E-state index in [1.165, 1.54) is 0 Å². The summed E-state index contributed by atoms with van der Waals surface area (Å²) in [6, 6.07) is 0. The molecule has 0 radical (unpaired) electrons. The first kappa shape index (κ1) is 14.0. The third-order valence-corrected chi connectivity index (χ3v) is 3.24. The van der Waals surface area contributed by atoms with Gasteiger partial charge in [0.05, 0.1) is 6.54 Å². The number of methoxy groups -OCH3 is 1. The van der Waals surface area contributed by atoms with Crippen LogP contribution in [0, 0.1) is 0 Å². The third kappa shape index (κ3) is 3.43. The Morgan fingerprint density at radius 3 is 2.71 bits per heavy atom. The summed E-state index contributed by atoms with van der Waals surface area (Å²) in [6.07, 6.45) is 2.39. The van der Waals surface area contributed by atoms with Crippen LogP contribution in [0.25, 0.3) is 0 Å². The van der Waals surface area contributed by atoms with Gasteiger partial charge in [-0.05, 0) is 26.2 Å². The number of nitrogens with one attached hydrogen (secondary N) is 1. The van der Waals surface area contributed by atoms with Crippen molar-refractivity contribution >= 4 is 11.8 Å². The highest BCUT2D eigenvalue weighted by atomic mass is 16.5. The zero-order valence-corrected chi connectivity index (χ0v) is 10.9. The first-order valence-electron chi connectivity index (χ1n) is 6.13. The van der Waals surface area contributed by atoms with Crippen molar-refractivity contribution in [1.82, 2.24) is 10.2 Å². The van der Waals surface area contributed by atoms with E-state index in [0.717, 1.165) is 12.8 Å². The number of amides is 2. The largest absolute Gasteiger partial charge is 0.385 e. The fourth-order valence-electron chi connectivity index (χ4n) is 1.96. The van der Waals surface area contributed by atoms with Crippen LogP contribution in [0.15, 0.2) is 0 Å². The lowest BCUT2D eigenvalue weighted by Gasteiger charge is -2.39. The smallest absolute Gasteiger partial charge is 0.248 e. The Hall–Kier alpha value is -1.10. The van der Waals surface area contributed by atoms with Crippen molar-refractivity contribution in [3.63, 3.8) is 0 Å². The molecule has 1 heterocycles. The Labute approximate surface area is 102 Å². The van der Waals surface area contributed by atoms with Gasteiger partial charge >= 0.3 is 0 Å². The van der Waals surface area contributed by atoms with Gasteiger partial charge in [0.15, 0.2) is 0 Å². The van der Waals surface area contributed by atoms with Gasteiger partial charge in [-0.15, -0.1) is 0 Å². The SMILES string of the molecule is CCC1(C)NC(=O)CN(CCCCOC)C1=O. The van der Waals surface area contributed by atoms with Gasteiger partial charge in [0, 0.05) is 20.3 Å². The molecule has 0 aromatic carbocycles. The van der Waals surface area contributed by atoms with Gasteiger partial charge in [-0.25, -0.2) is 0 Å². The van der Waals surface area contributed by atoms with Crippen LogP contribution >= 0.6 is 0 Å². The molecule has 1 rings (SSSR count). The molecule has 1 saturated heterocycles. The van der Waals surface area contributed by atoms with Crippen LogP contribution in [0.1, 0.15) is 33.1 Å². The predicted octanol–water partition coefficient (Wildman–Crippen LogP) is 0.540. The van der Waals surface area contributed by atoms with E-state index < -0.39 is 5.54 Å². The van der Waals surface area contributed by atoms with E-state index in [4.69, 9.17) is 4.74 Å². The van der Waals surface area contributed by atoms with Gasteiger partial charge in [-0.3, -0.25) is 9.59 Å². The van der Waals surface area contributed by atoms with Crippen molar-refractivity contribution < 1.29 is 14.3 Å². The second kappa shape index (κ2) is 6.00. The van der Waals surface area contributed by atoms with Crippen LogP contribution in [-0.2, 0) is 14.3 Å². The highest BCUT2D eigenvalue weighted by molar-refractivity contribution is 5.97. The van der Waals surface area contributed by atoms with Crippen molar-refractivity contribution in [2.45, 2.75) is 38.6 Å². The van der Waals surface area contributed by atoms with Gasteiger partial charge in [-0.1, -0.05) is 6.92 Å². The van der Waals surface area contributed by atoms with Crippen LogP contribution in [0.5, 0.6) is 0 Å². The average Bonchev–Trinajstić information content (AvgIpc) is 2.30. The zero-order chi connectivity index (χ0) is 12.9. The molecular formula is C12H22N2O3. The molecule has 2 amide bonds. The first-order chi connectivity index (χ1) is 8.03. The molecule has 0 aliphatic carbocycles. The zero-order valence-electron chi connectivity index (χ0n) is 10.9. The molecule has 0 spiro atoms. The van der Waals surface area contributed by atoms with E-state index in [0.29, 0.717) is 19.6 Å². The maximum Gasteiger partial charge on any atom is 0.248 e. The minimum absolute atomic E-state index is 0.0250. The van der Waals surface area contributed by atoms with Crippen molar-refractivity contribution in [1.29, 1.82) is 0 Å². The molecule has 17 heavy (non-hydrogen) atoms. The Morgan fingerprint density at radius 1 is 1.41 bits per heavy atom. The summed E-state index contributed by atoms with van der Waals surface area (Å²) in [4.78, 5) is 25.4. The summed E-state index contributed by atoms with van der Waals surface area (Å²) in [7, 11) is 1.66. The lowest BCUT2D eigenvalue weighted by atomic mass is 9.94. The average molecular weight is 242 g/mol. The van der Waals surface area contributed by atoms with Crippen LogP contribution in [-0.4, -0.2) is 49.1 Å². The lowest BCUT2D eigenvalue weighted by Crippen LogP contribution is -2.65. The highest BCUT2D eigenvalue weighted by Gasteiger charge is 2.40. The van der Waals surface area contributed by atoms with Gasteiger partial charge in [0.25, 0.3) is 0 Å². The lowest BCUT2D eigenvalue weighted by molar-refractivity contribution is -0.149. The summed E-state index contributed by atoms with van der Waals surface area (Å²) in [5.41, 5.74) is -0.726. The molecule has 1 atom stereocenters. The minimum Gasteiger partial charge on any atom is -0.385 e. The molecule has 0 saturated carbocycles. The number of hydrogen-bond acceptors (Lipinski definition) is 3. The number of rotatable bonds is 6. The van der Waals surface area contributed by atoms with Crippen LogP contribution < -0.4 is 5.32 Å².